The highest BCUT2D eigenvalue weighted by Gasteiger charge is 2.30. The summed E-state index contributed by atoms with van der Waals surface area (Å²) < 4.78 is 13.1. The summed E-state index contributed by atoms with van der Waals surface area (Å²) in [6, 6.07) is 19.6. The second kappa shape index (κ2) is 11.5. The zero-order chi connectivity index (χ0) is 23.8. The van der Waals surface area contributed by atoms with Crippen molar-refractivity contribution >= 4 is 0 Å². The molecule has 1 saturated heterocycles. The molecule has 0 unspecified atom stereocenters. The molecule has 182 valence electrons. The summed E-state index contributed by atoms with van der Waals surface area (Å²) >= 11 is 0. The van der Waals surface area contributed by atoms with Crippen molar-refractivity contribution in [2.75, 3.05) is 39.5 Å². The molecule has 0 aromatic heterocycles. The number of likely N-dealkylation sites (tertiary alicyclic amines) is 1. The number of hydrogen-bond acceptors (Lipinski definition) is 2. The van der Waals surface area contributed by atoms with Crippen molar-refractivity contribution in [3.8, 4) is 5.75 Å². The normalized spacial score (nSPS) is 16.5. The van der Waals surface area contributed by atoms with Crippen molar-refractivity contribution in [3.05, 3.63) is 65.7 Å². The van der Waals surface area contributed by atoms with Gasteiger partial charge in [0.1, 0.15) is 25.4 Å². The Hall–Kier alpha value is -1.84. The lowest BCUT2D eigenvalue weighted by molar-refractivity contribution is -0.945. The van der Waals surface area contributed by atoms with Gasteiger partial charge in [-0.15, -0.1) is 0 Å². The van der Waals surface area contributed by atoms with E-state index in [4.69, 9.17) is 9.47 Å². The molecule has 3 nitrogen and oxygen atoms in total. The lowest BCUT2D eigenvalue weighted by atomic mass is 9.72. The molecule has 0 radical (unpaired) electrons. The molecule has 1 fully saturated rings. The zero-order valence-corrected chi connectivity index (χ0v) is 21.7. The fourth-order valence-electron chi connectivity index (χ4n) is 5.62. The topological polar surface area (TPSA) is 18.5 Å². The summed E-state index contributed by atoms with van der Waals surface area (Å²) in [5, 5.41) is 0. The monoisotopic (exact) mass is 452 g/mol. The molecule has 0 atom stereocenters. The second-order valence-corrected chi connectivity index (χ2v) is 11.8. The quantitative estimate of drug-likeness (QED) is 0.270. The van der Waals surface area contributed by atoms with E-state index >= 15 is 0 Å². The molecule has 2 aromatic rings. The molecule has 0 amide bonds. The van der Waals surface area contributed by atoms with E-state index in [1.165, 1.54) is 43.5 Å². The summed E-state index contributed by atoms with van der Waals surface area (Å²) in [7, 11) is 0. The van der Waals surface area contributed by atoms with Gasteiger partial charge in [0, 0.05) is 5.56 Å². The smallest absolute Gasteiger partial charge is 0.119 e. The first-order valence-electron chi connectivity index (χ1n) is 12.9. The number of quaternary nitrogens is 1. The standard InChI is InChI=1S/C30H46NO2/c1-29(2,3)25-30(4,5)27-14-16-28(17-15-27)33-23-22-32-21-20-31(18-10-7-11-19-31)24-26-12-8-6-9-13-26/h6,8-9,12-17H,7,10-11,18-25H2,1-5H3/q+1. The fraction of sp³-hybridized carbons (Fsp3) is 0.600. The molecule has 1 aliphatic heterocycles. The highest BCUT2D eigenvalue weighted by molar-refractivity contribution is 5.31. The van der Waals surface area contributed by atoms with Crippen LogP contribution in [0.2, 0.25) is 0 Å². The van der Waals surface area contributed by atoms with Crippen LogP contribution < -0.4 is 4.74 Å². The molecule has 0 bridgehead atoms. The Labute approximate surface area is 202 Å². The highest BCUT2D eigenvalue weighted by atomic mass is 16.5. The van der Waals surface area contributed by atoms with Gasteiger partial charge >= 0.3 is 0 Å². The number of rotatable bonds is 11. The van der Waals surface area contributed by atoms with Gasteiger partial charge in [-0.05, 0) is 54.2 Å². The zero-order valence-electron chi connectivity index (χ0n) is 21.7. The number of piperidine rings is 1. The first kappa shape index (κ1) is 25.8. The molecule has 0 N–H and O–H groups in total. The van der Waals surface area contributed by atoms with E-state index in [0.717, 1.165) is 36.3 Å². The molecule has 0 spiro atoms. The summed E-state index contributed by atoms with van der Waals surface area (Å²) in [5.74, 6) is 0.928. The average Bonchev–Trinajstić information content (AvgIpc) is 2.76. The van der Waals surface area contributed by atoms with Crippen LogP contribution in [0.3, 0.4) is 0 Å². The molecular weight excluding hydrogens is 406 g/mol. The van der Waals surface area contributed by atoms with E-state index in [9.17, 15) is 0 Å². The number of ether oxygens (including phenoxy) is 2. The first-order valence-corrected chi connectivity index (χ1v) is 12.9. The number of benzene rings is 2. The van der Waals surface area contributed by atoms with E-state index in [-0.39, 0.29) is 5.41 Å². The van der Waals surface area contributed by atoms with Crippen LogP contribution in [0.5, 0.6) is 5.75 Å². The maximum Gasteiger partial charge on any atom is 0.119 e. The maximum atomic E-state index is 6.01. The van der Waals surface area contributed by atoms with E-state index in [0.29, 0.717) is 18.6 Å². The van der Waals surface area contributed by atoms with Crippen LogP contribution in [0.4, 0.5) is 0 Å². The van der Waals surface area contributed by atoms with Gasteiger partial charge in [0.2, 0.25) is 0 Å². The summed E-state index contributed by atoms with van der Waals surface area (Å²) in [5.41, 5.74) is 3.28. The first-order chi connectivity index (χ1) is 15.7. The SMILES string of the molecule is CC(C)(C)CC(C)(C)c1ccc(OCCOCC[N+]2(Cc3ccccc3)CCCCC2)cc1. The Balaban J connectivity index is 1.41. The summed E-state index contributed by atoms with van der Waals surface area (Å²) in [6.45, 7) is 18.4. The molecule has 0 saturated carbocycles. The van der Waals surface area contributed by atoms with Gasteiger partial charge in [-0.1, -0.05) is 77.1 Å². The van der Waals surface area contributed by atoms with Gasteiger partial charge < -0.3 is 14.0 Å². The minimum Gasteiger partial charge on any atom is -0.491 e. The van der Waals surface area contributed by atoms with Gasteiger partial charge in [-0.2, -0.15) is 0 Å². The van der Waals surface area contributed by atoms with Crippen molar-refractivity contribution in [3.63, 3.8) is 0 Å². The van der Waals surface area contributed by atoms with Crippen LogP contribution in [0.25, 0.3) is 0 Å². The largest absolute Gasteiger partial charge is 0.491 e. The van der Waals surface area contributed by atoms with Crippen LogP contribution in [-0.2, 0) is 16.7 Å². The molecule has 2 aromatic carbocycles. The van der Waals surface area contributed by atoms with Gasteiger partial charge in [0.05, 0.1) is 26.3 Å². The van der Waals surface area contributed by atoms with Crippen molar-refractivity contribution in [2.24, 2.45) is 5.41 Å². The lowest BCUT2D eigenvalue weighted by Gasteiger charge is -2.41. The minimum absolute atomic E-state index is 0.160. The predicted molar refractivity (Wildman–Crippen MR) is 139 cm³/mol. The third-order valence-corrected chi connectivity index (χ3v) is 6.94. The molecule has 33 heavy (non-hydrogen) atoms. The molecule has 0 aliphatic carbocycles. The summed E-state index contributed by atoms with van der Waals surface area (Å²) in [4.78, 5) is 0. The van der Waals surface area contributed by atoms with Gasteiger partial charge in [0.15, 0.2) is 0 Å². The average molecular weight is 453 g/mol. The minimum atomic E-state index is 0.160. The number of nitrogens with zero attached hydrogens (tertiary/aromatic N) is 1. The predicted octanol–water partition coefficient (Wildman–Crippen LogP) is 7.00. The van der Waals surface area contributed by atoms with Crippen molar-refractivity contribution in [1.82, 2.24) is 0 Å². The fourth-order valence-corrected chi connectivity index (χ4v) is 5.62. The van der Waals surface area contributed by atoms with Gasteiger partial charge in [0.25, 0.3) is 0 Å². The second-order valence-electron chi connectivity index (χ2n) is 11.8. The van der Waals surface area contributed by atoms with Crippen molar-refractivity contribution in [1.29, 1.82) is 0 Å². The highest BCUT2D eigenvalue weighted by Crippen LogP contribution is 2.36. The van der Waals surface area contributed by atoms with Crippen molar-refractivity contribution < 1.29 is 14.0 Å². The maximum absolute atomic E-state index is 6.01. The van der Waals surface area contributed by atoms with Gasteiger partial charge in [-0.3, -0.25) is 0 Å². The molecule has 3 rings (SSSR count). The van der Waals surface area contributed by atoms with E-state index in [2.05, 4.69) is 89.2 Å². The Kier molecular flexibility index (Phi) is 9.01. The number of hydrogen-bond donors (Lipinski definition) is 0. The molecule has 1 aliphatic rings. The van der Waals surface area contributed by atoms with E-state index in [1.54, 1.807) is 0 Å². The van der Waals surface area contributed by atoms with E-state index in [1.807, 2.05) is 0 Å². The Bertz CT molecular complexity index is 815. The molecule has 3 heteroatoms. The Morgan fingerprint density at radius 3 is 2.06 bits per heavy atom. The molecule has 1 heterocycles. The van der Waals surface area contributed by atoms with E-state index < -0.39 is 0 Å². The molecular formula is C30H46NO2+. The van der Waals surface area contributed by atoms with Gasteiger partial charge in [-0.25, -0.2) is 0 Å². The van der Waals surface area contributed by atoms with Crippen molar-refractivity contribution in [2.45, 2.75) is 72.3 Å². The lowest BCUT2D eigenvalue weighted by Crippen LogP contribution is -2.52. The van der Waals surface area contributed by atoms with Crippen LogP contribution >= 0.6 is 0 Å². The van der Waals surface area contributed by atoms with Crippen LogP contribution in [0.1, 0.15) is 71.4 Å². The van der Waals surface area contributed by atoms with Crippen LogP contribution in [0.15, 0.2) is 54.6 Å². The third-order valence-electron chi connectivity index (χ3n) is 6.94. The Morgan fingerprint density at radius 1 is 0.758 bits per heavy atom. The Morgan fingerprint density at radius 2 is 1.42 bits per heavy atom. The van der Waals surface area contributed by atoms with Crippen LogP contribution in [-0.4, -0.2) is 43.9 Å². The third kappa shape index (κ3) is 8.46. The summed E-state index contributed by atoms with van der Waals surface area (Å²) in [6.07, 6.45) is 5.19. The van der Waals surface area contributed by atoms with Crippen LogP contribution in [0, 0.1) is 5.41 Å².